The summed E-state index contributed by atoms with van der Waals surface area (Å²) in [5.74, 6) is -5.01. The van der Waals surface area contributed by atoms with E-state index in [4.69, 9.17) is 56.9 Å². The molecular weight excluding hydrogens is 1070 g/mol. The van der Waals surface area contributed by atoms with Gasteiger partial charge < -0.3 is 103 Å². The largest absolute Gasteiger partial charge is 0.479 e. The number of aliphatic carboxylic acids is 1. The van der Waals surface area contributed by atoms with E-state index in [1.807, 2.05) is 0 Å². The molecule has 0 spiro atoms. The summed E-state index contributed by atoms with van der Waals surface area (Å²) in [4.78, 5) is 93.1. The summed E-state index contributed by atoms with van der Waals surface area (Å²) >= 11 is 0. The van der Waals surface area contributed by atoms with Crippen molar-refractivity contribution in [1.82, 2.24) is 21.0 Å². The van der Waals surface area contributed by atoms with Crippen LogP contribution in [0.2, 0.25) is 0 Å². The number of hydrogen-bond donors (Lipinski definition) is 10. The van der Waals surface area contributed by atoms with E-state index in [0.29, 0.717) is 11.1 Å². The van der Waals surface area contributed by atoms with Crippen molar-refractivity contribution in [3.63, 3.8) is 0 Å². The highest BCUT2D eigenvalue weighted by Gasteiger charge is 2.48. The van der Waals surface area contributed by atoms with E-state index < -0.39 is 103 Å². The van der Waals surface area contributed by atoms with Crippen LogP contribution < -0.4 is 25.6 Å². The summed E-state index contributed by atoms with van der Waals surface area (Å²) in [6.07, 6.45) is -16.6. The lowest BCUT2D eigenvalue weighted by atomic mass is 9.99. The Morgan fingerprint density at radius 3 is 1.65 bits per heavy atom. The fourth-order valence-corrected chi connectivity index (χ4v) is 7.11. The third kappa shape index (κ3) is 22.6. The van der Waals surface area contributed by atoms with Gasteiger partial charge in [-0.25, -0.2) is 9.59 Å². The molecule has 9 atom stereocenters. The third-order valence-electron chi connectivity index (χ3n) is 11.1. The van der Waals surface area contributed by atoms with Crippen LogP contribution in [0.15, 0.2) is 36.4 Å². The molecule has 0 saturated carbocycles. The quantitative estimate of drug-likeness (QED) is 0.0156. The normalized spacial score (nSPS) is 21.8. The molecule has 0 bridgehead atoms. The highest BCUT2D eigenvalue weighted by Crippen LogP contribution is 2.29. The van der Waals surface area contributed by atoms with Crippen molar-refractivity contribution < 1.29 is 126 Å². The summed E-state index contributed by atoms with van der Waals surface area (Å²) in [5, 5.41) is 76.1. The molecule has 2 aliphatic rings. The second-order valence-corrected chi connectivity index (χ2v) is 18.7. The topological polar surface area (TPSA) is 411 Å². The molecule has 2 aliphatic heterocycles. The van der Waals surface area contributed by atoms with Crippen molar-refractivity contribution in [2.75, 3.05) is 92.2 Å². The summed E-state index contributed by atoms with van der Waals surface area (Å²) in [7, 11) is 0. The molecule has 0 unspecified atom stereocenters. The van der Waals surface area contributed by atoms with Crippen molar-refractivity contribution in [2.45, 2.75) is 109 Å². The van der Waals surface area contributed by atoms with Gasteiger partial charge in [-0.3, -0.25) is 28.8 Å². The van der Waals surface area contributed by atoms with E-state index in [1.54, 1.807) is 20.8 Å². The maximum absolute atomic E-state index is 13.5. The molecule has 4 rings (SSSR count). The zero-order chi connectivity index (χ0) is 58.9. The molecule has 10 N–H and O–H groups in total. The highest BCUT2D eigenvalue weighted by atomic mass is 16.7. The molecule has 2 aromatic carbocycles. The van der Waals surface area contributed by atoms with Gasteiger partial charge >= 0.3 is 24.0 Å². The number of carboxylic acids is 1. The maximum atomic E-state index is 13.5. The van der Waals surface area contributed by atoms with Crippen LogP contribution in [0.25, 0.3) is 0 Å². The fraction of sp³-hybridized carbons (Fsp3) is 0.620. The number of nitrogens with zero attached hydrogens (tertiary/aromatic N) is 1. The van der Waals surface area contributed by atoms with Gasteiger partial charge in [0.1, 0.15) is 73.5 Å². The van der Waals surface area contributed by atoms with Crippen LogP contribution in [-0.2, 0) is 79.9 Å². The Balaban J connectivity index is 1.32. The third-order valence-corrected chi connectivity index (χ3v) is 11.1. The van der Waals surface area contributed by atoms with Crippen LogP contribution in [0.1, 0.15) is 66.5 Å². The lowest BCUT2D eigenvalue weighted by Crippen LogP contribution is -2.61. The zero-order valence-electron chi connectivity index (χ0n) is 44.8. The van der Waals surface area contributed by atoms with E-state index in [9.17, 15) is 69.3 Å². The smallest absolute Gasteiger partial charge is 0.431 e. The Labute approximate surface area is 459 Å². The Morgan fingerprint density at radius 1 is 0.625 bits per heavy atom. The van der Waals surface area contributed by atoms with Gasteiger partial charge in [-0.1, -0.05) is 12.1 Å². The van der Waals surface area contributed by atoms with Crippen LogP contribution in [0.3, 0.4) is 0 Å². The monoisotopic (exact) mass is 1140 g/mol. The molecule has 0 aromatic heterocycles. The number of carbonyl (C=O) groups excluding carboxylic acids is 6. The molecule has 0 aliphatic carbocycles. The Hall–Kier alpha value is -6.39. The summed E-state index contributed by atoms with van der Waals surface area (Å²) in [6.45, 7) is 6.12. The second-order valence-electron chi connectivity index (χ2n) is 18.7. The van der Waals surface area contributed by atoms with Crippen molar-refractivity contribution in [2.24, 2.45) is 0 Å². The molecule has 30 nitrogen and oxygen atoms in total. The molecule has 80 heavy (non-hydrogen) atoms. The number of ether oxygens (including phenoxy) is 11. The number of nitrogens with one attached hydrogen (secondary N) is 3. The lowest BCUT2D eigenvalue weighted by Gasteiger charge is -2.38. The predicted octanol–water partition coefficient (Wildman–Crippen LogP) is -2.59. The van der Waals surface area contributed by atoms with Crippen LogP contribution in [0.5, 0.6) is 11.5 Å². The van der Waals surface area contributed by atoms with Crippen molar-refractivity contribution >= 4 is 41.7 Å². The second kappa shape index (κ2) is 33.4. The van der Waals surface area contributed by atoms with Gasteiger partial charge in [0.25, 0.3) is 11.8 Å². The number of carbonyl (C=O) groups is 7. The lowest BCUT2D eigenvalue weighted by molar-refractivity contribution is -0.271. The van der Waals surface area contributed by atoms with Gasteiger partial charge in [-0.2, -0.15) is 5.48 Å². The Kier molecular flexibility index (Phi) is 27.6. The number of carboxylic acid groups (broad SMARTS) is 1. The van der Waals surface area contributed by atoms with E-state index in [1.165, 1.54) is 55.1 Å². The molecule has 2 fully saturated rings. The maximum Gasteiger partial charge on any atom is 0.431 e. The number of benzene rings is 2. The Bertz CT molecular complexity index is 2340. The van der Waals surface area contributed by atoms with Gasteiger partial charge in [0, 0.05) is 40.0 Å². The standard InChI is InChI=1S/C50H72N4O26/c1-28(55)73-24-30-6-8-35(77-47-41(62)38(59)34(57)26-75-47)32(22-30)44(64)51-10-14-69-16-12-54(37(58)27-72-19-18-71-20-21-76-53-49(68)80-50(3,4)5)13-17-70-15-11-52-45(65)33-23-31(25-74-29(2)56)7-9-36(33)78-48-42(63)39(60)40(61)43(79-48)46(66)67/h6-9,22-23,34,38-43,47-48,57,59-63H,10-21,24-27H2,1-5H3,(H,51,64)(H,52,65)(H,53,68)(H,66,67)/t34-,38+,39+,40+,41-,42-,43+,47+,48-/m1/s1. The molecule has 0 radical (unpaired) electrons. The first-order chi connectivity index (χ1) is 37.9. The first-order valence-electron chi connectivity index (χ1n) is 25.2. The highest BCUT2D eigenvalue weighted by molar-refractivity contribution is 5.97. The van der Waals surface area contributed by atoms with Gasteiger partial charge in [-0.05, 0) is 56.2 Å². The van der Waals surface area contributed by atoms with Crippen molar-refractivity contribution in [3.05, 3.63) is 58.7 Å². The number of rotatable bonds is 32. The summed E-state index contributed by atoms with van der Waals surface area (Å²) in [5.41, 5.74) is 1.94. The van der Waals surface area contributed by atoms with E-state index >= 15 is 0 Å². The molecular formula is C50H72N4O26. The number of aliphatic hydroxyl groups is 6. The van der Waals surface area contributed by atoms with E-state index in [0.717, 1.165) is 0 Å². The van der Waals surface area contributed by atoms with E-state index in [-0.39, 0.29) is 128 Å². The molecule has 448 valence electrons. The number of aliphatic hydroxyl groups excluding tert-OH is 6. The van der Waals surface area contributed by atoms with Crippen molar-refractivity contribution in [3.8, 4) is 11.5 Å². The minimum atomic E-state index is -2.00. The summed E-state index contributed by atoms with van der Waals surface area (Å²) < 4.78 is 59.5. The van der Waals surface area contributed by atoms with Gasteiger partial charge in [0.2, 0.25) is 18.5 Å². The minimum Gasteiger partial charge on any atom is -0.479 e. The SMILES string of the molecule is CC(=O)OCc1ccc(O[C@@H]2O[C@H](C(=O)O)[C@@H](O)[C@H](O)[C@H]2O)c(C(=O)NCCOCCN(CCOCCNC(=O)c2cc(COC(C)=O)ccc2O[C@@H]2OC[C@@H](O)[C@H](O)[C@H]2O)C(=O)COCCOCCONC(=O)OC(C)(C)C)c1. The van der Waals surface area contributed by atoms with Crippen LogP contribution in [-0.4, -0.2) is 236 Å². The van der Waals surface area contributed by atoms with E-state index in [2.05, 4.69) is 16.1 Å². The van der Waals surface area contributed by atoms with Gasteiger partial charge in [-0.15, -0.1) is 0 Å². The first-order valence-corrected chi connectivity index (χ1v) is 25.2. The van der Waals surface area contributed by atoms with Gasteiger partial charge in [0.15, 0.2) is 6.10 Å². The van der Waals surface area contributed by atoms with Crippen LogP contribution in [0, 0.1) is 0 Å². The number of hydroxylamine groups is 1. The Morgan fingerprint density at radius 2 is 1.12 bits per heavy atom. The molecule has 2 saturated heterocycles. The van der Waals surface area contributed by atoms with Crippen LogP contribution in [0.4, 0.5) is 4.79 Å². The average molecular weight is 1150 g/mol. The van der Waals surface area contributed by atoms with Crippen molar-refractivity contribution in [1.29, 1.82) is 0 Å². The number of hydrogen-bond acceptors (Lipinski definition) is 25. The number of amides is 4. The van der Waals surface area contributed by atoms with Crippen LogP contribution >= 0.6 is 0 Å². The molecule has 4 amide bonds. The zero-order valence-corrected chi connectivity index (χ0v) is 44.8. The van der Waals surface area contributed by atoms with Gasteiger partial charge in [0.05, 0.1) is 70.6 Å². The molecule has 2 heterocycles. The molecule has 2 aromatic rings. The first kappa shape index (κ1) is 66.1. The molecule has 30 heteroatoms. The average Bonchev–Trinajstić information content (AvgIpc) is 3.40. The fourth-order valence-electron chi connectivity index (χ4n) is 7.11. The minimum absolute atomic E-state index is 0.00540. The number of esters is 2. The predicted molar refractivity (Wildman–Crippen MR) is 267 cm³/mol. The summed E-state index contributed by atoms with van der Waals surface area (Å²) in [6, 6.07) is 8.28.